The first-order valence-electron chi connectivity index (χ1n) is 9.39. The Morgan fingerprint density at radius 2 is 2.12 bits per heavy atom. The molecule has 0 saturated carbocycles. The van der Waals surface area contributed by atoms with Gasteiger partial charge in [-0.25, -0.2) is 0 Å². The summed E-state index contributed by atoms with van der Waals surface area (Å²) in [5.41, 5.74) is 2.58. The maximum Gasteiger partial charge on any atom is 0.191 e. The topological polar surface area (TPSA) is 52.5 Å². The Morgan fingerprint density at radius 1 is 1.33 bits per heavy atom. The standard InChI is InChI=1S/C19H33N5/c1-4-12-24-13-8-18(9-14-24)23-19(21-5-2)22-11-7-17-6-10-20-15-16(17)3/h6,10,15,18H,4-5,7-9,11-14H2,1-3H3,(H2,21,22,23). The lowest BCUT2D eigenvalue weighted by atomic mass is 10.1. The zero-order chi connectivity index (χ0) is 17.2. The van der Waals surface area contributed by atoms with Gasteiger partial charge in [0, 0.05) is 44.6 Å². The van der Waals surface area contributed by atoms with Crippen LogP contribution in [0.5, 0.6) is 0 Å². The Hall–Kier alpha value is -1.62. The van der Waals surface area contributed by atoms with Crippen LogP contribution in [0.3, 0.4) is 0 Å². The van der Waals surface area contributed by atoms with Crippen molar-refractivity contribution in [2.75, 3.05) is 32.7 Å². The Bertz CT molecular complexity index is 506. The third-order valence-corrected chi connectivity index (χ3v) is 4.60. The minimum absolute atomic E-state index is 0.540. The summed E-state index contributed by atoms with van der Waals surface area (Å²) < 4.78 is 0. The molecule has 1 aliphatic heterocycles. The Balaban J connectivity index is 1.82. The number of nitrogens with zero attached hydrogens (tertiary/aromatic N) is 3. The predicted octanol–water partition coefficient (Wildman–Crippen LogP) is 2.36. The van der Waals surface area contributed by atoms with E-state index < -0.39 is 0 Å². The summed E-state index contributed by atoms with van der Waals surface area (Å²) in [4.78, 5) is 11.5. The van der Waals surface area contributed by atoms with Crippen LogP contribution in [0.1, 0.15) is 44.2 Å². The summed E-state index contributed by atoms with van der Waals surface area (Å²) in [5, 5.41) is 7.00. The molecule has 0 unspecified atom stereocenters. The van der Waals surface area contributed by atoms with Gasteiger partial charge in [-0.2, -0.15) is 0 Å². The third kappa shape index (κ3) is 6.11. The van der Waals surface area contributed by atoms with E-state index >= 15 is 0 Å². The lowest BCUT2D eigenvalue weighted by Gasteiger charge is -2.32. The van der Waals surface area contributed by atoms with E-state index in [0.717, 1.165) is 25.5 Å². The van der Waals surface area contributed by atoms with Gasteiger partial charge in [-0.05, 0) is 63.3 Å². The molecule has 24 heavy (non-hydrogen) atoms. The van der Waals surface area contributed by atoms with Crippen molar-refractivity contribution < 1.29 is 0 Å². The Kier molecular flexibility index (Phi) is 8.02. The Labute approximate surface area is 147 Å². The van der Waals surface area contributed by atoms with Crippen LogP contribution in [0.4, 0.5) is 0 Å². The smallest absolute Gasteiger partial charge is 0.191 e. The molecule has 1 saturated heterocycles. The first kappa shape index (κ1) is 18.7. The second-order valence-corrected chi connectivity index (χ2v) is 6.57. The molecule has 0 radical (unpaired) electrons. The maximum absolute atomic E-state index is 4.76. The quantitative estimate of drug-likeness (QED) is 0.595. The number of likely N-dealkylation sites (tertiary alicyclic amines) is 1. The van der Waals surface area contributed by atoms with Crippen LogP contribution >= 0.6 is 0 Å². The van der Waals surface area contributed by atoms with Crippen LogP contribution in [0.25, 0.3) is 0 Å². The average Bonchev–Trinajstić information content (AvgIpc) is 2.59. The molecule has 1 aromatic rings. The van der Waals surface area contributed by atoms with Gasteiger partial charge >= 0.3 is 0 Å². The molecule has 134 valence electrons. The molecule has 5 heteroatoms. The second kappa shape index (κ2) is 10.3. The SMILES string of the molecule is CCCN1CCC(NC(=NCCc2ccncc2C)NCC)CC1. The zero-order valence-electron chi connectivity index (χ0n) is 15.5. The number of guanidine groups is 1. The van der Waals surface area contributed by atoms with Crippen molar-refractivity contribution in [2.24, 2.45) is 4.99 Å². The van der Waals surface area contributed by atoms with E-state index in [0.29, 0.717) is 6.04 Å². The van der Waals surface area contributed by atoms with E-state index in [2.05, 4.69) is 47.4 Å². The van der Waals surface area contributed by atoms with E-state index in [1.54, 1.807) is 0 Å². The summed E-state index contributed by atoms with van der Waals surface area (Å²) >= 11 is 0. The summed E-state index contributed by atoms with van der Waals surface area (Å²) in [6, 6.07) is 2.63. The van der Waals surface area contributed by atoms with Gasteiger partial charge < -0.3 is 15.5 Å². The fraction of sp³-hybridized carbons (Fsp3) is 0.684. The molecule has 0 aliphatic carbocycles. The summed E-state index contributed by atoms with van der Waals surface area (Å²) in [5.74, 6) is 0.957. The van der Waals surface area contributed by atoms with Gasteiger partial charge in [-0.3, -0.25) is 9.98 Å². The first-order valence-corrected chi connectivity index (χ1v) is 9.39. The molecule has 2 rings (SSSR count). The lowest BCUT2D eigenvalue weighted by Crippen LogP contribution is -2.48. The van der Waals surface area contributed by atoms with E-state index in [1.807, 2.05) is 12.4 Å². The molecule has 0 bridgehead atoms. The van der Waals surface area contributed by atoms with Gasteiger partial charge in [0.15, 0.2) is 5.96 Å². The van der Waals surface area contributed by atoms with Crippen molar-refractivity contribution in [3.63, 3.8) is 0 Å². The Morgan fingerprint density at radius 3 is 2.79 bits per heavy atom. The fourth-order valence-corrected chi connectivity index (χ4v) is 3.20. The van der Waals surface area contributed by atoms with Crippen LogP contribution in [0, 0.1) is 6.92 Å². The molecule has 2 N–H and O–H groups in total. The summed E-state index contributed by atoms with van der Waals surface area (Å²) in [6.07, 6.45) is 8.39. The minimum Gasteiger partial charge on any atom is -0.357 e. The van der Waals surface area contributed by atoms with Crippen molar-refractivity contribution >= 4 is 5.96 Å². The van der Waals surface area contributed by atoms with Gasteiger partial charge in [0.25, 0.3) is 0 Å². The van der Waals surface area contributed by atoms with Crippen LogP contribution in [0.15, 0.2) is 23.5 Å². The van der Waals surface area contributed by atoms with Crippen LogP contribution in [-0.2, 0) is 6.42 Å². The molecular weight excluding hydrogens is 298 g/mol. The van der Waals surface area contributed by atoms with Crippen LogP contribution in [0.2, 0.25) is 0 Å². The highest BCUT2D eigenvalue weighted by Gasteiger charge is 2.19. The number of piperidine rings is 1. The van der Waals surface area contributed by atoms with Gasteiger partial charge in [0.2, 0.25) is 0 Å². The average molecular weight is 332 g/mol. The van der Waals surface area contributed by atoms with Gasteiger partial charge in [-0.1, -0.05) is 6.92 Å². The minimum atomic E-state index is 0.540. The largest absolute Gasteiger partial charge is 0.357 e. The van der Waals surface area contributed by atoms with Crippen molar-refractivity contribution in [3.05, 3.63) is 29.6 Å². The number of hydrogen-bond acceptors (Lipinski definition) is 3. The number of rotatable bonds is 7. The van der Waals surface area contributed by atoms with E-state index in [4.69, 9.17) is 4.99 Å². The van der Waals surface area contributed by atoms with Crippen molar-refractivity contribution in [2.45, 2.75) is 52.5 Å². The summed E-state index contributed by atoms with van der Waals surface area (Å²) in [6.45, 7) is 11.8. The maximum atomic E-state index is 4.76. The number of aromatic nitrogens is 1. The van der Waals surface area contributed by atoms with Gasteiger partial charge in [0.1, 0.15) is 0 Å². The van der Waals surface area contributed by atoms with Crippen molar-refractivity contribution in [1.29, 1.82) is 0 Å². The van der Waals surface area contributed by atoms with Gasteiger partial charge in [0.05, 0.1) is 0 Å². The number of aryl methyl sites for hydroxylation is 1. The second-order valence-electron chi connectivity index (χ2n) is 6.57. The lowest BCUT2D eigenvalue weighted by molar-refractivity contribution is 0.206. The first-order chi connectivity index (χ1) is 11.7. The highest BCUT2D eigenvalue weighted by molar-refractivity contribution is 5.80. The molecule has 1 fully saturated rings. The normalized spacial score (nSPS) is 17.0. The highest BCUT2D eigenvalue weighted by Crippen LogP contribution is 2.10. The molecule has 1 aromatic heterocycles. The monoisotopic (exact) mass is 331 g/mol. The summed E-state index contributed by atoms with van der Waals surface area (Å²) in [7, 11) is 0. The molecule has 0 atom stereocenters. The third-order valence-electron chi connectivity index (χ3n) is 4.60. The van der Waals surface area contributed by atoms with Crippen molar-refractivity contribution in [1.82, 2.24) is 20.5 Å². The molecule has 1 aliphatic rings. The molecular formula is C19H33N5. The number of hydrogen-bond donors (Lipinski definition) is 2. The van der Waals surface area contributed by atoms with Crippen LogP contribution < -0.4 is 10.6 Å². The molecule has 0 aromatic carbocycles. The molecule has 5 nitrogen and oxygen atoms in total. The molecule has 2 heterocycles. The number of aliphatic imine (C=N–C) groups is 1. The van der Waals surface area contributed by atoms with E-state index in [9.17, 15) is 0 Å². The van der Waals surface area contributed by atoms with Crippen LogP contribution in [-0.4, -0.2) is 54.6 Å². The van der Waals surface area contributed by atoms with Crippen molar-refractivity contribution in [3.8, 4) is 0 Å². The fourth-order valence-electron chi connectivity index (χ4n) is 3.20. The number of nitrogens with one attached hydrogen (secondary N) is 2. The van der Waals surface area contributed by atoms with Gasteiger partial charge in [-0.15, -0.1) is 0 Å². The molecule has 0 amide bonds. The predicted molar refractivity (Wildman–Crippen MR) is 102 cm³/mol. The number of pyridine rings is 1. The van der Waals surface area contributed by atoms with E-state index in [1.165, 1.54) is 50.0 Å². The highest BCUT2D eigenvalue weighted by atomic mass is 15.2. The molecule has 0 spiro atoms. The zero-order valence-corrected chi connectivity index (χ0v) is 15.5. The van der Waals surface area contributed by atoms with E-state index in [-0.39, 0.29) is 0 Å².